The lowest BCUT2D eigenvalue weighted by molar-refractivity contribution is 1.08. The van der Waals surface area contributed by atoms with Crippen LogP contribution in [0.3, 0.4) is 0 Å². The number of nitrogens with zero attached hydrogens (tertiary/aromatic N) is 2. The fraction of sp³-hybridized carbons (Fsp3) is 0. The molecular weight excluding hydrogens is 264 g/mol. The first-order chi connectivity index (χ1) is 7.69. The van der Waals surface area contributed by atoms with E-state index in [1.54, 1.807) is 18.2 Å². The van der Waals surface area contributed by atoms with Gasteiger partial charge in [-0.3, -0.25) is 5.10 Å². The van der Waals surface area contributed by atoms with Crippen molar-refractivity contribution in [2.45, 2.75) is 0 Å². The van der Waals surface area contributed by atoms with E-state index in [1.165, 1.54) is 11.3 Å². The van der Waals surface area contributed by atoms with Gasteiger partial charge in [-0.25, -0.2) is 0 Å². The number of nitrogens with one attached hydrogen (secondary N) is 2. The number of anilines is 2. The van der Waals surface area contributed by atoms with E-state index in [-0.39, 0.29) is 0 Å². The van der Waals surface area contributed by atoms with Crippen LogP contribution in [0.5, 0.6) is 0 Å². The van der Waals surface area contributed by atoms with E-state index in [0.717, 1.165) is 0 Å². The third-order valence-electron chi connectivity index (χ3n) is 1.78. The van der Waals surface area contributed by atoms with Crippen LogP contribution in [0.15, 0.2) is 18.2 Å². The highest BCUT2D eigenvalue weighted by atomic mass is 35.5. The second-order valence-electron chi connectivity index (χ2n) is 2.85. The predicted octanol–water partition coefficient (Wildman–Crippen LogP) is 3.47. The van der Waals surface area contributed by atoms with Crippen molar-refractivity contribution in [1.29, 1.82) is 5.26 Å². The zero-order valence-corrected chi connectivity index (χ0v) is 10.2. The van der Waals surface area contributed by atoms with Gasteiger partial charge in [0.1, 0.15) is 0 Å². The normalized spacial score (nSPS) is 9.75. The van der Waals surface area contributed by atoms with Crippen molar-refractivity contribution in [3.8, 4) is 6.07 Å². The molecule has 2 aromatic rings. The summed E-state index contributed by atoms with van der Waals surface area (Å²) in [6.45, 7) is 0. The standard InChI is InChI=1S/C9H5ClN4S2/c10-6-2-1-5(4-11)3-7(6)12-8-13-14-9(15)16-8/h1-3H,(H,12,13)(H,14,15). The highest BCUT2D eigenvalue weighted by Gasteiger charge is 2.04. The van der Waals surface area contributed by atoms with Gasteiger partial charge >= 0.3 is 0 Å². The third-order valence-corrected chi connectivity index (χ3v) is 3.11. The molecule has 2 rings (SSSR count). The lowest BCUT2D eigenvalue weighted by atomic mass is 10.2. The van der Waals surface area contributed by atoms with Gasteiger partial charge in [0, 0.05) is 0 Å². The molecule has 0 bridgehead atoms. The van der Waals surface area contributed by atoms with Crippen LogP contribution in [0.1, 0.15) is 5.56 Å². The van der Waals surface area contributed by atoms with E-state index in [0.29, 0.717) is 25.4 Å². The summed E-state index contributed by atoms with van der Waals surface area (Å²) < 4.78 is 0.579. The Labute approximate surface area is 106 Å². The first-order valence-electron chi connectivity index (χ1n) is 4.21. The van der Waals surface area contributed by atoms with Crippen molar-refractivity contribution >= 4 is 46.0 Å². The molecule has 1 aromatic heterocycles. The molecule has 16 heavy (non-hydrogen) atoms. The lowest BCUT2D eigenvalue weighted by Crippen LogP contribution is -1.91. The van der Waals surface area contributed by atoms with E-state index >= 15 is 0 Å². The molecule has 0 saturated heterocycles. The number of hydrogen-bond acceptors (Lipinski definition) is 5. The van der Waals surface area contributed by atoms with E-state index < -0.39 is 0 Å². The van der Waals surface area contributed by atoms with Crippen LogP contribution < -0.4 is 5.32 Å². The number of aromatic nitrogens is 2. The van der Waals surface area contributed by atoms with E-state index in [2.05, 4.69) is 15.5 Å². The molecule has 1 heterocycles. The van der Waals surface area contributed by atoms with Crippen molar-refractivity contribution in [2.75, 3.05) is 5.32 Å². The zero-order chi connectivity index (χ0) is 11.5. The smallest absolute Gasteiger partial charge is 0.208 e. The first kappa shape index (κ1) is 11.1. The van der Waals surface area contributed by atoms with Gasteiger partial charge in [0.15, 0.2) is 3.95 Å². The van der Waals surface area contributed by atoms with Crippen molar-refractivity contribution in [3.63, 3.8) is 0 Å². The van der Waals surface area contributed by atoms with Gasteiger partial charge in [-0.2, -0.15) is 5.26 Å². The van der Waals surface area contributed by atoms with Crippen molar-refractivity contribution < 1.29 is 0 Å². The Morgan fingerprint density at radius 3 is 3.00 bits per heavy atom. The van der Waals surface area contributed by atoms with Gasteiger partial charge in [0.25, 0.3) is 0 Å². The summed E-state index contributed by atoms with van der Waals surface area (Å²) >= 11 is 12.2. The number of benzene rings is 1. The molecule has 0 aliphatic carbocycles. The Bertz CT molecular complexity index is 610. The molecule has 80 valence electrons. The van der Waals surface area contributed by atoms with Gasteiger partial charge in [0.2, 0.25) is 5.13 Å². The number of hydrogen-bond donors (Lipinski definition) is 2. The number of nitriles is 1. The Hall–Kier alpha value is -1.42. The molecule has 0 radical (unpaired) electrons. The summed E-state index contributed by atoms with van der Waals surface area (Å²) in [5.74, 6) is 0. The van der Waals surface area contributed by atoms with Crippen LogP contribution in [0.4, 0.5) is 10.8 Å². The van der Waals surface area contributed by atoms with Crippen LogP contribution >= 0.6 is 35.2 Å². The lowest BCUT2D eigenvalue weighted by Gasteiger charge is -2.04. The summed E-state index contributed by atoms with van der Waals surface area (Å²) in [7, 11) is 0. The molecule has 4 nitrogen and oxygen atoms in total. The summed E-state index contributed by atoms with van der Waals surface area (Å²) in [6.07, 6.45) is 0. The average Bonchev–Trinajstić information content (AvgIpc) is 2.67. The molecule has 2 N–H and O–H groups in total. The minimum Gasteiger partial charge on any atom is -0.329 e. The van der Waals surface area contributed by atoms with Crippen molar-refractivity contribution in [1.82, 2.24) is 10.2 Å². The third kappa shape index (κ3) is 2.39. The van der Waals surface area contributed by atoms with Crippen LogP contribution in [-0.4, -0.2) is 10.2 Å². The summed E-state index contributed by atoms with van der Waals surface area (Å²) in [6, 6.07) is 7.01. The maximum atomic E-state index is 8.77. The number of rotatable bonds is 2. The largest absolute Gasteiger partial charge is 0.329 e. The Morgan fingerprint density at radius 2 is 2.38 bits per heavy atom. The Morgan fingerprint density at radius 1 is 1.56 bits per heavy atom. The first-order valence-corrected chi connectivity index (χ1v) is 5.81. The second-order valence-corrected chi connectivity index (χ2v) is 4.92. The summed E-state index contributed by atoms with van der Waals surface area (Å²) in [5, 5.41) is 19.5. The molecule has 0 fully saturated rings. The molecule has 0 aliphatic rings. The summed E-state index contributed by atoms with van der Waals surface area (Å²) in [5.41, 5.74) is 1.17. The second kappa shape index (κ2) is 4.61. The molecule has 0 aliphatic heterocycles. The van der Waals surface area contributed by atoms with Gasteiger partial charge in [-0.1, -0.05) is 22.9 Å². The quantitative estimate of drug-likeness (QED) is 0.819. The molecule has 0 spiro atoms. The fourth-order valence-corrected chi connectivity index (χ4v) is 2.06. The molecule has 0 saturated carbocycles. The van der Waals surface area contributed by atoms with E-state index in [1.807, 2.05) is 6.07 Å². The topological polar surface area (TPSA) is 64.5 Å². The van der Waals surface area contributed by atoms with Crippen molar-refractivity contribution in [2.24, 2.45) is 0 Å². The zero-order valence-electron chi connectivity index (χ0n) is 7.82. The van der Waals surface area contributed by atoms with Crippen LogP contribution in [-0.2, 0) is 0 Å². The van der Waals surface area contributed by atoms with Gasteiger partial charge in [-0.05, 0) is 30.4 Å². The Balaban J connectivity index is 2.34. The number of halogens is 1. The number of H-pyrrole nitrogens is 1. The maximum Gasteiger partial charge on any atom is 0.208 e. The van der Waals surface area contributed by atoms with Crippen LogP contribution in [0.2, 0.25) is 5.02 Å². The van der Waals surface area contributed by atoms with Crippen LogP contribution in [0, 0.1) is 15.3 Å². The Kier molecular flexibility index (Phi) is 3.19. The van der Waals surface area contributed by atoms with Crippen molar-refractivity contribution in [3.05, 3.63) is 32.7 Å². The molecular formula is C9H5ClN4S2. The highest BCUT2D eigenvalue weighted by Crippen LogP contribution is 2.27. The van der Waals surface area contributed by atoms with Gasteiger partial charge < -0.3 is 5.32 Å². The SMILES string of the molecule is N#Cc1ccc(Cl)c(Nc2n[nH]c(=S)s2)c1. The predicted molar refractivity (Wildman–Crippen MR) is 66.7 cm³/mol. The number of aromatic amines is 1. The highest BCUT2D eigenvalue weighted by molar-refractivity contribution is 7.73. The molecule has 0 unspecified atom stereocenters. The average molecular weight is 269 g/mol. The maximum absolute atomic E-state index is 8.77. The molecule has 0 atom stereocenters. The van der Waals surface area contributed by atoms with Crippen LogP contribution in [0.25, 0.3) is 0 Å². The minimum absolute atomic E-state index is 0.528. The summed E-state index contributed by atoms with van der Waals surface area (Å²) in [4.78, 5) is 0. The van der Waals surface area contributed by atoms with E-state index in [9.17, 15) is 0 Å². The monoisotopic (exact) mass is 268 g/mol. The molecule has 7 heteroatoms. The van der Waals surface area contributed by atoms with Gasteiger partial charge in [-0.15, -0.1) is 5.10 Å². The molecule has 0 amide bonds. The molecule has 1 aromatic carbocycles. The van der Waals surface area contributed by atoms with Gasteiger partial charge in [0.05, 0.1) is 22.3 Å². The minimum atomic E-state index is 0.528. The van der Waals surface area contributed by atoms with E-state index in [4.69, 9.17) is 29.1 Å². The fourth-order valence-electron chi connectivity index (χ4n) is 1.09.